The fourth-order valence-corrected chi connectivity index (χ4v) is 3.78. The van der Waals surface area contributed by atoms with Crippen molar-refractivity contribution < 1.29 is 4.79 Å². The summed E-state index contributed by atoms with van der Waals surface area (Å²) < 4.78 is 1.56. The number of rotatable bonds is 4. The molecule has 0 spiro atoms. The van der Waals surface area contributed by atoms with Gasteiger partial charge in [-0.1, -0.05) is 12.1 Å². The third-order valence-electron chi connectivity index (χ3n) is 5.14. The van der Waals surface area contributed by atoms with Crippen molar-refractivity contribution in [2.24, 2.45) is 0 Å². The lowest BCUT2D eigenvalue weighted by atomic mass is 10.1. The summed E-state index contributed by atoms with van der Waals surface area (Å²) in [4.78, 5) is 36.6. The highest BCUT2D eigenvalue weighted by molar-refractivity contribution is 6.09. The van der Waals surface area contributed by atoms with Crippen molar-refractivity contribution in [2.45, 2.75) is 12.8 Å². The first-order valence-electron chi connectivity index (χ1n) is 9.45. The van der Waals surface area contributed by atoms with E-state index in [2.05, 4.69) is 30.3 Å². The second kappa shape index (κ2) is 6.93. The van der Waals surface area contributed by atoms with Crippen molar-refractivity contribution in [3.8, 4) is 5.69 Å². The molecule has 9 heteroatoms. The first-order chi connectivity index (χ1) is 14.2. The molecule has 29 heavy (non-hydrogen) atoms. The molecule has 4 aromatic rings. The van der Waals surface area contributed by atoms with Crippen molar-refractivity contribution in [2.75, 3.05) is 23.3 Å². The standard InChI is InChI=1S/C20H19N7O2/c28-19(13-5-1-2-6-17(13)27-12-21-11-22-27)23-16-9-14-15(25-20(29)24-14)10-18(16)26-7-3-4-8-26/h1-2,5-6,9-12H,3-4,7-8H2,(H,23,28)(H2,24,25,29). The fraction of sp³-hybridized carbons (Fsp3) is 0.200. The van der Waals surface area contributed by atoms with Crippen molar-refractivity contribution >= 4 is 28.3 Å². The number of carbonyl (C=O) groups excluding carboxylic acids is 1. The smallest absolute Gasteiger partial charge is 0.323 e. The predicted molar refractivity (Wildman–Crippen MR) is 110 cm³/mol. The number of imidazole rings is 1. The van der Waals surface area contributed by atoms with E-state index in [1.807, 2.05) is 24.3 Å². The Morgan fingerprint density at radius 2 is 1.79 bits per heavy atom. The van der Waals surface area contributed by atoms with E-state index in [-0.39, 0.29) is 11.6 Å². The van der Waals surface area contributed by atoms with Gasteiger partial charge < -0.3 is 20.2 Å². The Morgan fingerprint density at radius 1 is 1.03 bits per heavy atom. The topological polar surface area (TPSA) is 112 Å². The van der Waals surface area contributed by atoms with Gasteiger partial charge in [-0.2, -0.15) is 5.10 Å². The quantitative estimate of drug-likeness (QED) is 0.496. The van der Waals surface area contributed by atoms with E-state index in [4.69, 9.17) is 0 Å². The van der Waals surface area contributed by atoms with E-state index in [0.29, 0.717) is 22.5 Å². The minimum Gasteiger partial charge on any atom is -0.370 e. The molecule has 1 aliphatic heterocycles. The molecule has 2 aromatic heterocycles. The predicted octanol–water partition coefficient (Wildman–Crippen LogP) is 2.29. The number of fused-ring (bicyclic) bond motifs is 1. The minimum absolute atomic E-state index is 0.256. The number of hydrogen-bond donors (Lipinski definition) is 3. The van der Waals surface area contributed by atoms with Crippen LogP contribution in [0.5, 0.6) is 0 Å². The Bertz CT molecular complexity index is 1230. The third kappa shape index (κ3) is 3.16. The fourth-order valence-electron chi connectivity index (χ4n) is 3.78. The Hall–Kier alpha value is -3.88. The zero-order chi connectivity index (χ0) is 19.8. The molecule has 1 amide bonds. The van der Waals surface area contributed by atoms with Gasteiger partial charge in [0.1, 0.15) is 12.7 Å². The van der Waals surface area contributed by atoms with E-state index in [9.17, 15) is 9.59 Å². The van der Waals surface area contributed by atoms with Crippen LogP contribution in [0.3, 0.4) is 0 Å². The van der Waals surface area contributed by atoms with Crippen LogP contribution in [0, 0.1) is 0 Å². The molecule has 0 bridgehead atoms. The molecule has 1 fully saturated rings. The zero-order valence-electron chi connectivity index (χ0n) is 15.6. The van der Waals surface area contributed by atoms with Crippen LogP contribution in [0.4, 0.5) is 11.4 Å². The Kier molecular flexibility index (Phi) is 4.12. The number of aromatic nitrogens is 5. The average Bonchev–Trinajstić information content (AvgIpc) is 3.48. The van der Waals surface area contributed by atoms with Crippen LogP contribution in [-0.4, -0.2) is 43.7 Å². The van der Waals surface area contributed by atoms with Crippen molar-refractivity contribution in [1.82, 2.24) is 24.7 Å². The molecule has 1 aliphatic rings. The second-order valence-corrected chi connectivity index (χ2v) is 7.00. The largest absolute Gasteiger partial charge is 0.370 e. The van der Waals surface area contributed by atoms with Crippen molar-refractivity contribution in [1.29, 1.82) is 0 Å². The number of nitrogens with zero attached hydrogens (tertiary/aromatic N) is 4. The van der Waals surface area contributed by atoms with Crippen LogP contribution in [0.2, 0.25) is 0 Å². The third-order valence-corrected chi connectivity index (χ3v) is 5.14. The van der Waals surface area contributed by atoms with Gasteiger partial charge in [-0.25, -0.2) is 14.5 Å². The Morgan fingerprint density at radius 3 is 2.55 bits per heavy atom. The molecular formula is C20H19N7O2. The number of carbonyl (C=O) groups is 1. The van der Waals surface area contributed by atoms with Gasteiger partial charge in [0.25, 0.3) is 5.91 Å². The molecule has 1 saturated heterocycles. The highest BCUT2D eigenvalue weighted by Gasteiger charge is 2.20. The molecule has 0 unspecified atom stereocenters. The first-order valence-corrected chi connectivity index (χ1v) is 9.45. The maximum atomic E-state index is 13.2. The highest BCUT2D eigenvalue weighted by Crippen LogP contribution is 2.32. The second-order valence-electron chi connectivity index (χ2n) is 7.00. The van der Waals surface area contributed by atoms with Gasteiger partial charge in [-0.05, 0) is 37.1 Å². The zero-order valence-corrected chi connectivity index (χ0v) is 15.6. The summed E-state index contributed by atoms with van der Waals surface area (Å²) in [5.41, 5.74) is 3.78. The number of aromatic amines is 2. The molecule has 5 rings (SSSR count). The Balaban J connectivity index is 1.56. The monoisotopic (exact) mass is 389 g/mol. The summed E-state index contributed by atoms with van der Waals surface area (Å²) >= 11 is 0. The van der Waals surface area contributed by atoms with Gasteiger partial charge >= 0.3 is 5.69 Å². The Labute approximate surface area is 165 Å². The minimum atomic E-state index is -0.271. The van der Waals surface area contributed by atoms with Gasteiger partial charge in [0.05, 0.1) is 33.7 Å². The van der Waals surface area contributed by atoms with Gasteiger partial charge in [0, 0.05) is 13.1 Å². The highest BCUT2D eigenvalue weighted by atomic mass is 16.2. The van der Waals surface area contributed by atoms with Crippen molar-refractivity contribution in [3.05, 3.63) is 65.1 Å². The number of H-pyrrole nitrogens is 2. The van der Waals surface area contributed by atoms with E-state index in [0.717, 1.165) is 37.1 Å². The van der Waals surface area contributed by atoms with Gasteiger partial charge in [0.15, 0.2) is 0 Å². The van der Waals surface area contributed by atoms with Crippen LogP contribution in [-0.2, 0) is 0 Å². The SMILES string of the molecule is O=C(Nc1cc2[nH]c(=O)[nH]c2cc1N1CCCC1)c1ccccc1-n1cncn1. The molecule has 3 N–H and O–H groups in total. The van der Waals surface area contributed by atoms with E-state index < -0.39 is 0 Å². The summed E-state index contributed by atoms with van der Waals surface area (Å²) in [6, 6.07) is 10.9. The summed E-state index contributed by atoms with van der Waals surface area (Å²) in [5.74, 6) is -0.256. The molecule has 146 valence electrons. The molecule has 0 atom stereocenters. The number of anilines is 2. The number of nitrogens with one attached hydrogen (secondary N) is 3. The summed E-state index contributed by atoms with van der Waals surface area (Å²) in [6.07, 6.45) is 5.18. The molecule has 0 radical (unpaired) electrons. The lowest BCUT2D eigenvalue weighted by Gasteiger charge is -2.22. The molecule has 3 heterocycles. The summed E-state index contributed by atoms with van der Waals surface area (Å²) in [7, 11) is 0. The van der Waals surface area contributed by atoms with Crippen LogP contribution >= 0.6 is 0 Å². The van der Waals surface area contributed by atoms with Crippen LogP contribution < -0.4 is 15.9 Å². The number of para-hydroxylation sites is 1. The number of amides is 1. The van der Waals surface area contributed by atoms with E-state index >= 15 is 0 Å². The molecule has 0 aliphatic carbocycles. The summed E-state index contributed by atoms with van der Waals surface area (Å²) in [6.45, 7) is 1.83. The molecule has 0 saturated carbocycles. The van der Waals surface area contributed by atoms with Crippen molar-refractivity contribution in [3.63, 3.8) is 0 Å². The first kappa shape index (κ1) is 17.2. The molecule has 9 nitrogen and oxygen atoms in total. The van der Waals surface area contributed by atoms with Crippen LogP contribution in [0.15, 0.2) is 53.8 Å². The van der Waals surface area contributed by atoms with Gasteiger partial charge in [-0.15, -0.1) is 0 Å². The maximum Gasteiger partial charge on any atom is 0.323 e. The van der Waals surface area contributed by atoms with E-state index in [1.165, 1.54) is 6.33 Å². The molecule has 2 aromatic carbocycles. The van der Waals surface area contributed by atoms with Gasteiger partial charge in [0.2, 0.25) is 0 Å². The molecular weight excluding hydrogens is 370 g/mol. The van der Waals surface area contributed by atoms with Gasteiger partial charge in [-0.3, -0.25) is 4.79 Å². The normalized spacial score (nSPS) is 13.9. The van der Waals surface area contributed by atoms with Crippen LogP contribution in [0.25, 0.3) is 16.7 Å². The van der Waals surface area contributed by atoms with Crippen LogP contribution in [0.1, 0.15) is 23.2 Å². The summed E-state index contributed by atoms with van der Waals surface area (Å²) in [5, 5.41) is 7.16. The lowest BCUT2D eigenvalue weighted by molar-refractivity contribution is 0.102. The number of benzene rings is 2. The maximum absolute atomic E-state index is 13.2. The van der Waals surface area contributed by atoms with E-state index in [1.54, 1.807) is 23.1 Å². The lowest BCUT2D eigenvalue weighted by Crippen LogP contribution is -2.22. The average molecular weight is 389 g/mol. The number of hydrogen-bond acceptors (Lipinski definition) is 5.